The van der Waals surface area contributed by atoms with E-state index in [9.17, 15) is 0 Å². The topological polar surface area (TPSA) is 0 Å². The van der Waals surface area contributed by atoms with E-state index < -0.39 is 0 Å². The van der Waals surface area contributed by atoms with Crippen LogP contribution in [0, 0.1) is 5.92 Å². The maximum Gasteiger partial charge on any atom is 0.0404 e. The van der Waals surface area contributed by atoms with E-state index in [4.69, 9.17) is 0 Å². The van der Waals surface area contributed by atoms with Gasteiger partial charge in [-0.15, -0.1) is 0 Å². The summed E-state index contributed by atoms with van der Waals surface area (Å²) in [5, 5.41) is 2.69. The highest BCUT2D eigenvalue weighted by atomic mass is 79.9. The molecule has 0 amide bonds. The molecule has 1 unspecified atom stereocenters. The first-order chi connectivity index (χ1) is 9.25. The van der Waals surface area contributed by atoms with Crippen molar-refractivity contribution in [3.05, 3.63) is 46.4 Å². The fourth-order valence-corrected chi connectivity index (χ4v) is 4.63. The van der Waals surface area contributed by atoms with Gasteiger partial charge in [0.05, 0.1) is 0 Å². The molecule has 0 radical (unpaired) electrons. The Hall–Kier alpha value is -0.340. The Morgan fingerprint density at radius 1 is 1.00 bits per heavy atom. The van der Waals surface area contributed by atoms with Crippen molar-refractivity contribution in [3.8, 4) is 0 Å². The van der Waals surface area contributed by atoms with E-state index in [0.29, 0.717) is 4.83 Å². The minimum Gasteiger partial charge on any atom is -0.0838 e. The molecule has 0 heterocycles. The molecule has 0 nitrogen and oxygen atoms in total. The minimum absolute atomic E-state index is 0.480. The Bertz CT molecular complexity index is 570. The summed E-state index contributed by atoms with van der Waals surface area (Å²) in [5.41, 5.74) is 1.44. The van der Waals surface area contributed by atoms with Crippen molar-refractivity contribution >= 4 is 42.6 Å². The lowest BCUT2D eigenvalue weighted by Gasteiger charge is -2.17. The lowest BCUT2D eigenvalue weighted by molar-refractivity contribution is 0.502. The van der Waals surface area contributed by atoms with Crippen molar-refractivity contribution in [2.75, 3.05) is 0 Å². The monoisotopic (exact) mass is 380 g/mol. The van der Waals surface area contributed by atoms with E-state index in [-0.39, 0.29) is 0 Å². The van der Waals surface area contributed by atoms with Crippen LogP contribution in [0.5, 0.6) is 0 Å². The molecule has 19 heavy (non-hydrogen) atoms. The van der Waals surface area contributed by atoms with Gasteiger partial charge in [0.15, 0.2) is 0 Å². The predicted octanol–water partition coefficient (Wildman–Crippen LogP) is 6.62. The number of hydrogen-bond donors (Lipinski definition) is 0. The molecule has 0 N–H and O–H groups in total. The van der Waals surface area contributed by atoms with Crippen LogP contribution in [0.2, 0.25) is 0 Å². The molecule has 1 aliphatic rings. The average molecular weight is 382 g/mol. The molecule has 100 valence electrons. The van der Waals surface area contributed by atoms with Crippen LogP contribution in [0.4, 0.5) is 0 Å². The normalized spacial score (nSPS) is 18.0. The molecule has 0 bridgehead atoms. The van der Waals surface area contributed by atoms with Crippen molar-refractivity contribution in [2.24, 2.45) is 5.92 Å². The van der Waals surface area contributed by atoms with Gasteiger partial charge < -0.3 is 0 Å². The molecule has 0 saturated heterocycles. The molecule has 1 saturated carbocycles. The highest BCUT2D eigenvalue weighted by molar-refractivity contribution is 9.10. The Morgan fingerprint density at radius 2 is 1.68 bits per heavy atom. The lowest BCUT2D eigenvalue weighted by atomic mass is 9.95. The third kappa shape index (κ3) is 2.90. The maximum atomic E-state index is 3.93. The fourth-order valence-electron chi connectivity index (χ4n) is 3.22. The van der Waals surface area contributed by atoms with Crippen molar-refractivity contribution in [2.45, 2.75) is 36.9 Å². The van der Waals surface area contributed by atoms with Gasteiger partial charge in [-0.3, -0.25) is 0 Å². The smallest absolute Gasteiger partial charge is 0.0404 e. The van der Waals surface area contributed by atoms with E-state index in [1.807, 2.05) is 0 Å². The summed E-state index contributed by atoms with van der Waals surface area (Å²) in [6.45, 7) is 0. The van der Waals surface area contributed by atoms with Crippen LogP contribution in [0.15, 0.2) is 40.9 Å². The van der Waals surface area contributed by atoms with Gasteiger partial charge in [0, 0.05) is 9.30 Å². The molecule has 2 heteroatoms. The third-order valence-corrected chi connectivity index (χ3v) is 5.82. The van der Waals surface area contributed by atoms with Crippen LogP contribution < -0.4 is 0 Å². The number of rotatable bonds is 3. The Morgan fingerprint density at radius 3 is 2.42 bits per heavy atom. The van der Waals surface area contributed by atoms with Gasteiger partial charge in [-0.2, -0.15) is 0 Å². The second-order valence-electron chi connectivity index (χ2n) is 5.54. The van der Waals surface area contributed by atoms with Gasteiger partial charge in [-0.25, -0.2) is 0 Å². The number of hydrogen-bond acceptors (Lipinski definition) is 0. The summed E-state index contributed by atoms with van der Waals surface area (Å²) < 4.78 is 1.19. The van der Waals surface area contributed by atoms with Crippen LogP contribution in [0.1, 0.15) is 42.5 Å². The Balaban J connectivity index is 1.93. The number of fused-ring (bicyclic) bond motifs is 1. The van der Waals surface area contributed by atoms with Gasteiger partial charge >= 0.3 is 0 Å². The fraction of sp³-hybridized carbons (Fsp3) is 0.412. The highest BCUT2D eigenvalue weighted by Crippen LogP contribution is 2.40. The van der Waals surface area contributed by atoms with Crippen molar-refractivity contribution in [1.82, 2.24) is 0 Å². The zero-order valence-electron chi connectivity index (χ0n) is 10.9. The molecule has 3 rings (SSSR count). The summed E-state index contributed by atoms with van der Waals surface area (Å²) in [7, 11) is 0. The first-order valence-electron chi connectivity index (χ1n) is 7.07. The van der Waals surface area contributed by atoms with E-state index >= 15 is 0 Å². The first-order valence-corrected chi connectivity index (χ1v) is 8.78. The number of benzene rings is 2. The molecule has 2 aromatic carbocycles. The molecular weight excluding hydrogens is 364 g/mol. The van der Waals surface area contributed by atoms with Gasteiger partial charge in [0.1, 0.15) is 0 Å². The SMILES string of the molecule is Brc1ccc(C(Br)CC2CCCC2)c2ccccc12. The van der Waals surface area contributed by atoms with E-state index in [1.54, 1.807) is 0 Å². The Labute approximate surface area is 131 Å². The lowest BCUT2D eigenvalue weighted by Crippen LogP contribution is -2.00. The number of alkyl halides is 1. The summed E-state index contributed by atoms with van der Waals surface area (Å²) in [6, 6.07) is 13.1. The predicted molar refractivity (Wildman–Crippen MR) is 89.9 cm³/mol. The van der Waals surface area contributed by atoms with Gasteiger partial charge in [0.2, 0.25) is 0 Å². The van der Waals surface area contributed by atoms with Gasteiger partial charge in [0.25, 0.3) is 0 Å². The van der Waals surface area contributed by atoms with E-state index in [1.165, 1.54) is 52.9 Å². The zero-order valence-corrected chi connectivity index (χ0v) is 14.1. The van der Waals surface area contributed by atoms with E-state index in [0.717, 1.165) is 5.92 Å². The zero-order chi connectivity index (χ0) is 13.2. The number of halogens is 2. The second-order valence-corrected chi connectivity index (χ2v) is 7.50. The maximum absolute atomic E-state index is 3.93. The molecule has 1 aliphatic carbocycles. The van der Waals surface area contributed by atoms with Crippen LogP contribution in [-0.4, -0.2) is 0 Å². The van der Waals surface area contributed by atoms with Crippen molar-refractivity contribution < 1.29 is 0 Å². The molecule has 0 aromatic heterocycles. The minimum atomic E-state index is 0.480. The van der Waals surface area contributed by atoms with Crippen LogP contribution >= 0.6 is 31.9 Å². The third-order valence-electron chi connectivity index (χ3n) is 4.26. The summed E-state index contributed by atoms with van der Waals surface area (Å²) >= 11 is 7.58. The molecule has 2 aromatic rings. The average Bonchev–Trinajstić information content (AvgIpc) is 2.92. The largest absolute Gasteiger partial charge is 0.0838 e. The van der Waals surface area contributed by atoms with Crippen molar-refractivity contribution in [1.29, 1.82) is 0 Å². The summed E-state index contributed by atoms with van der Waals surface area (Å²) in [5.74, 6) is 0.909. The summed E-state index contributed by atoms with van der Waals surface area (Å²) in [4.78, 5) is 0.480. The Kier molecular flexibility index (Phi) is 4.28. The molecule has 0 spiro atoms. The molecule has 1 fully saturated rings. The summed E-state index contributed by atoms with van der Waals surface area (Å²) in [6.07, 6.45) is 6.94. The standard InChI is InChI=1S/C17H18Br2/c18-16-10-9-15(13-7-3-4-8-14(13)16)17(19)11-12-5-1-2-6-12/h3-4,7-10,12,17H,1-2,5-6,11H2. The van der Waals surface area contributed by atoms with Crippen molar-refractivity contribution in [3.63, 3.8) is 0 Å². The van der Waals surface area contributed by atoms with Crippen LogP contribution in [0.3, 0.4) is 0 Å². The first kappa shape index (κ1) is 13.6. The van der Waals surface area contributed by atoms with Gasteiger partial charge in [-0.1, -0.05) is 87.9 Å². The second kappa shape index (κ2) is 5.97. The highest BCUT2D eigenvalue weighted by Gasteiger charge is 2.20. The molecule has 1 atom stereocenters. The molecular formula is C17H18Br2. The quantitative estimate of drug-likeness (QED) is 0.524. The van der Waals surface area contributed by atoms with Crippen LogP contribution in [0.25, 0.3) is 10.8 Å². The molecule has 0 aliphatic heterocycles. The van der Waals surface area contributed by atoms with E-state index in [2.05, 4.69) is 68.3 Å². The van der Waals surface area contributed by atoms with Crippen LogP contribution in [-0.2, 0) is 0 Å². The van der Waals surface area contributed by atoms with Gasteiger partial charge in [-0.05, 0) is 34.7 Å².